The monoisotopic (exact) mass is 438 g/mol. The van der Waals surface area contributed by atoms with Crippen molar-refractivity contribution in [3.8, 4) is 11.4 Å². The van der Waals surface area contributed by atoms with Crippen molar-refractivity contribution in [3.63, 3.8) is 0 Å². The van der Waals surface area contributed by atoms with Gasteiger partial charge in [-0.3, -0.25) is 9.67 Å². The van der Waals surface area contributed by atoms with E-state index in [0.29, 0.717) is 13.1 Å². The van der Waals surface area contributed by atoms with Gasteiger partial charge in [0.05, 0.1) is 17.1 Å². The normalized spacial score (nSPS) is 14.4. The molecule has 1 aliphatic rings. The van der Waals surface area contributed by atoms with Crippen molar-refractivity contribution in [2.24, 2.45) is 0 Å². The summed E-state index contributed by atoms with van der Waals surface area (Å²) >= 11 is 0. The maximum atomic E-state index is 12.7. The number of nitrogens with zero attached hydrogens (tertiary/aromatic N) is 3. The van der Waals surface area contributed by atoms with Crippen LogP contribution in [-0.4, -0.2) is 29.7 Å². The van der Waals surface area contributed by atoms with Gasteiger partial charge in [0.2, 0.25) is 10.0 Å². The second-order valence-corrected chi connectivity index (χ2v) is 10.9. The van der Waals surface area contributed by atoms with Gasteiger partial charge in [0, 0.05) is 24.0 Å². The molecule has 164 valence electrons. The van der Waals surface area contributed by atoms with Crippen LogP contribution in [0.1, 0.15) is 50.4 Å². The summed E-state index contributed by atoms with van der Waals surface area (Å²) in [7, 11) is -3.56. The zero-order valence-corrected chi connectivity index (χ0v) is 19.2. The van der Waals surface area contributed by atoms with Crippen LogP contribution in [0.3, 0.4) is 0 Å². The van der Waals surface area contributed by atoms with E-state index in [2.05, 4.69) is 30.5 Å². The predicted molar refractivity (Wildman–Crippen MR) is 122 cm³/mol. The Hall–Kier alpha value is -2.51. The highest BCUT2D eigenvalue weighted by Crippen LogP contribution is 2.30. The minimum atomic E-state index is -3.56. The van der Waals surface area contributed by atoms with Gasteiger partial charge in [-0.25, -0.2) is 13.1 Å². The van der Waals surface area contributed by atoms with Crippen LogP contribution < -0.4 is 4.72 Å². The zero-order chi connectivity index (χ0) is 22.1. The molecule has 2 aromatic heterocycles. The smallest absolute Gasteiger partial charge is 0.240 e. The number of fused-ring (bicyclic) bond motifs is 1. The summed E-state index contributed by atoms with van der Waals surface area (Å²) in [6.45, 7) is 7.11. The van der Waals surface area contributed by atoms with Crippen molar-refractivity contribution in [1.29, 1.82) is 0 Å². The molecule has 0 unspecified atom stereocenters. The van der Waals surface area contributed by atoms with Crippen molar-refractivity contribution in [1.82, 2.24) is 19.5 Å². The number of hydrogen-bond acceptors (Lipinski definition) is 4. The maximum Gasteiger partial charge on any atom is 0.240 e. The molecule has 0 radical (unpaired) electrons. The molecule has 1 aromatic carbocycles. The molecule has 1 aliphatic carbocycles. The second-order valence-electron chi connectivity index (χ2n) is 9.09. The van der Waals surface area contributed by atoms with Crippen LogP contribution in [0.4, 0.5) is 0 Å². The highest BCUT2D eigenvalue weighted by atomic mass is 32.2. The van der Waals surface area contributed by atoms with E-state index in [4.69, 9.17) is 5.10 Å². The predicted octanol–water partition coefficient (Wildman–Crippen LogP) is 4.10. The van der Waals surface area contributed by atoms with Gasteiger partial charge in [-0.1, -0.05) is 39.0 Å². The number of rotatable bonds is 6. The Morgan fingerprint density at radius 1 is 1.03 bits per heavy atom. The van der Waals surface area contributed by atoms with E-state index < -0.39 is 10.0 Å². The number of pyridine rings is 1. The average molecular weight is 439 g/mol. The Morgan fingerprint density at radius 2 is 1.77 bits per heavy atom. The topological polar surface area (TPSA) is 76.9 Å². The lowest BCUT2D eigenvalue weighted by atomic mass is 9.87. The van der Waals surface area contributed by atoms with Crippen LogP contribution in [0.25, 0.3) is 11.4 Å². The lowest BCUT2D eigenvalue weighted by molar-refractivity contribution is 0.538. The van der Waals surface area contributed by atoms with Gasteiger partial charge in [-0.15, -0.1) is 0 Å². The lowest BCUT2D eigenvalue weighted by Gasteiger charge is -2.19. The van der Waals surface area contributed by atoms with E-state index in [1.807, 2.05) is 35.0 Å². The highest BCUT2D eigenvalue weighted by Gasteiger charge is 2.23. The summed E-state index contributed by atoms with van der Waals surface area (Å²) in [5, 5.41) is 4.81. The molecule has 0 amide bonds. The minimum absolute atomic E-state index is 0.0137. The standard InChI is InChI=1S/C24H30N4O2S/c1-24(2,3)18-11-13-19(14-12-18)31(29,30)26-16-17-28-22-10-5-4-8-20(22)23(27-28)21-9-6-7-15-25-21/h6-7,9,11-15,26H,4-5,8,10,16-17H2,1-3H3. The van der Waals surface area contributed by atoms with Crippen molar-refractivity contribution < 1.29 is 8.42 Å². The molecule has 0 atom stereocenters. The van der Waals surface area contributed by atoms with Crippen LogP contribution in [-0.2, 0) is 34.8 Å². The van der Waals surface area contributed by atoms with E-state index >= 15 is 0 Å². The summed E-state index contributed by atoms with van der Waals surface area (Å²) < 4.78 is 30.2. The number of benzene rings is 1. The fraction of sp³-hybridized carbons (Fsp3) is 0.417. The first-order valence-corrected chi connectivity index (χ1v) is 12.3. The first kappa shape index (κ1) is 21.7. The SMILES string of the molecule is CC(C)(C)c1ccc(S(=O)(=O)NCCn2nc(-c3ccccn3)c3c2CCCC3)cc1. The molecule has 0 fully saturated rings. The van der Waals surface area contributed by atoms with Crippen LogP contribution in [0.5, 0.6) is 0 Å². The summed E-state index contributed by atoms with van der Waals surface area (Å²) in [4.78, 5) is 4.76. The third-order valence-electron chi connectivity index (χ3n) is 5.81. The summed E-state index contributed by atoms with van der Waals surface area (Å²) in [6, 6.07) is 13.0. The van der Waals surface area contributed by atoms with Crippen molar-refractivity contribution >= 4 is 10.0 Å². The molecular formula is C24H30N4O2S. The van der Waals surface area contributed by atoms with E-state index in [1.165, 1.54) is 11.3 Å². The van der Waals surface area contributed by atoms with Crippen LogP contribution >= 0.6 is 0 Å². The Labute approximate surface area is 184 Å². The van der Waals surface area contributed by atoms with Gasteiger partial charge < -0.3 is 0 Å². The molecule has 6 nitrogen and oxygen atoms in total. The van der Waals surface area contributed by atoms with Crippen molar-refractivity contribution in [2.75, 3.05) is 6.54 Å². The fourth-order valence-corrected chi connectivity index (χ4v) is 5.09. The van der Waals surface area contributed by atoms with Gasteiger partial charge in [-0.2, -0.15) is 5.10 Å². The Kier molecular flexibility index (Phi) is 5.99. The highest BCUT2D eigenvalue weighted by molar-refractivity contribution is 7.89. The van der Waals surface area contributed by atoms with Gasteiger partial charge >= 0.3 is 0 Å². The molecule has 0 bridgehead atoms. The Bertz CT molecular complexity index is 1140. The van der Waals surface area contributed by atoms with Gasteiger partial charge in [0.25, 0.3) is 0 Å². The van der Waals surface area contributed by atoms with E-state index in [0.717, 1.165) is 42.6 Å². The maximum absolute atomic E-state index is 12.7. The molecule has 4 rings (SSSR count). The number of nitrogens with one attached hydrogen (secondary N) is 1. The second kappa shape index (κ2) is 8.55. The number of hydrogen-bond donors (Lipinski definition) is 1. The lowest BCUT2D eigenvalue weighted by Crippen LogP contribution is -2.28. The quantitative estimate of drug-likeness (QED) is 0.629. The van der Waals surface area contributed by atoms with Crippen LogP contribution in [0, 0.1) is 0 Å². The van der Waals surface area contributed by atoms with E-state index in [9.17, 15) is 8.42 Å². The third kappa shape index (κ3) is 4.72. The molecule has 0 saturated carbocycles. The number of sulfonamides is 1. The number of aromatic nitrogens is 3. The molecule has 1 N–H and O–H groups in total. The molecule has 3 aromatic rings. The van der Waals surface area contributed by atoms with E-state index in [-0.39, 0.29) is 10.3 Å². The fourth-order valence-electron chi connectivity index (χ4n) is 4.07. The summed E-state index contributed by atoms with van der Waals surface area (Å²) in [6.07, 6.45) is 6.02. The molecule has 0 spiro atoms. The molecular weight excluding hydrogens is 408 g/mol. The largest absolute Gasteiger partial charge is 0.267 e. The van der Waals surface area contributed by atoms with Gasteiger partial charge in [-0.05, 0) is 60.9 Å². The van der Waals surface area contributed by atoms with Crippen molar-refractivity contribution in [2.45, 2.75) is 63.3 Å². The summed E-state index contributed by atoms with van der Waals surface area (Å²) in [5.74, 6) is 0. The first-order valence-electron chi connectivity index (χ1n) is 10.9. The molecule has 0 saturated heterocycles. The molecule has 7 heteroatoms. The van der Waals surface area contributed by atoms with E-state index in [1.54, 1.807) is 18.3 Å². The van der Waals surface area contributed by atoms with Gasteiger partial charge in [0.15, 0.2) is 0 Å². The Morgan fingerprint density at radius 3 is 2.45 bits per heavy atom. The Balaban J connectivity index is 1.49. The summed E-state index contributed by atoms with van der Waals surface area (Å²) in [5.41, 5.74) is 5.36. The molecule has 0 aliphatic heterocycles. The van der Waals surface area contributed by atoms with Crippen LogP contribution in [0.2, 0.25) is 0 Å². The average Bonchev–Trinajstić information content (AvgIpc) is 3.13. The van der Waals surface area contributed by atoms with Gasteiger partial charge in [0.1, 0.15) is 5.69 Å². The van der Waals surface area contributed by atoms with Crippen LogP contribution in [0.15, 0.2) is 53.6 Å². The first-order chi connectivity index (χ1) is 14.8. The van der Waals surface area contributed by atoms with Crippen molar-refractivity contribution in [3.05, 3.63) is 65.5 Å². The minimum Gasteiger partial charge on any atom is -0.267 e. The third-order valence-corrected chi connectivity index (χ3v) is 7.29. The zero-order valence-electron chi connectivity index (χ0n) is 18.4. The molecule has 31 heavy (non-hydrogen) atoms. The molecule has 2 heterocycles.